The molecule has 0 aliphatic carbocycles. The van der Waals surface area contributed by atoms with Crippen LogP contribution in [-0.4, -0.2) is 28.4 Å². The Hall–Kier alpha value is -2.74. The van der Waals surface area contributed by atoms with Crippen LogP contribution >= 0.6 is 0 Å². The van der Waals surface area contributed by atoms with Gasteiger partial charge in [-0.15, -0.1) is 0 Å². The molecule has 25 heavy (non-hydrogen) atoms. The lowest BCUT2D eigenvalue weighted by molar-refractivity contribution is -0.130. The van der Waals surface area contributed by atoms with Gasteiger partial charge in [0.15, 0.2) is 5.82 Å². The second-order valence-corrected chi connectivity index (χ2v) is 6.78. The highest BCUT2D eigenvalue weighted by atomic mass is 19.1. The molecule has 1 aromatic carbocycles. The van der Waals surface area contributed by atoms with Crippen molar-refractivity contribution in [3.05, 3.63) is 65.0 Å². The van der Waals surface area contributed by atoms with Gasteiger partial charge in [-0.2, -0.15) is 0 Å². The topological polar surface area (TPSA) is 33.2 Å². The fourth-order valence-corrected chi connectivity index (χ4v) is 2.97. The number of amides is 1. The molecule has 1 aromatic heterocycles. The highest BCUT2D eigenvalue weighted by molar-refractivity contribution is 5.86. The van der Waals surface area contributed by atoms with Gasteiger partial charge in [-0.3, -0.25) is 9.78 Å². The van der Waals surface area contributed by atoms with E-state index in [4.69, 9.17) is 0 Å². The van der Waals surface area contributed by atoms with E-state index in [1.165, 1.54) is 24.4 Å². The van der Waals surface area contributed by atoms with Crippen molar-refractivity contribution >= 4 is 5.91 Å². The number of rotatable bonds is 1. The van der Waals surface area contributed by atoms with E-state index in [0.29, 0.717) is 12.0 Å². The van der Waals surface area contributed by atoms with Crippen molar-refractivity contribution in [3.8, 4) is 11.8 Å². The molecule has 0 radical (unpaired) electrons. The Bertz CT molecular complexity index is 896. The lowest BCUT2D eigenvalue weighted by Crippen LogP contribution is -2.37. The average Bonchev–Trinajstić information content (AvgIpc) is 2.77. The first-order valence-electron chi connectivity index (χ1n) is 7.99. The zero-order valence-corrected chi connectivity index (χ0v) is 14.3. The van der Waals surface area contributed by atoms with Crippen molar-refractivity contribution in [3.63, 3.8) is 0 Å². The molecule has 0 N–H and O–H groups in total. The van der Waals surface area contributed by atoms with Crippen LogP contribution in [0.25, 0.3) is 0 Å². The van der Waals surface area contributed by atoms with Crippen molar-refractivity contribution in [2.75, 3.05) is 7.05 Å². The van der Waals surface area contributed by atoms with Crippen LogP contribution in [0.2, 0.25) is 0 Å². The standard InChI is InChI=1S/C20H18F2N2O/c1-20(2)12-16(19(25)24(20)3)18-17(22)14(9-10-23-18)8-7-13-5-4-6-15(21)11-13/h4-6,9-11,16H,12H2,1-3H3. The molecule has 5 heteroatoms. The van der Waals surface area contributed by atoms with Crippen LogP contribution in [0.1, 0.15) is 43.0 Å². The van der Waals surface area contributed by atoms with E-state index in [1.807, 2.05) is 13.8 Å². The van der Waals surface area contributed by atoms with Gasteiger partial charge in [0.05, 0.1) is 17.2 Å². The summed E-state index contributed by atoms with van der Waals surface area (Å²) in [5.41, 5.74) is 0.373. The van der Waals surface area contributed by atoms with Gasteiger partial charge in [0.2, 0.25) is 5.91 Å². The van der Waals surface area contributed by atoms with Crippen molar-refractivity contribution < 1.29 is 13.6 Å². The number of pyridine rings is 1. The maximum Gasteiger partial charge on any atom is 0.232 e. The lowest BCUT2D eigenvalue weighted by Gasteiger charge is -2.26. The van der Waals surface area contributed by atoms with Gasteiger partial charge in [-0.05, 0) is 44.5 Å². The first kappa shape index (κ1) is 17.1. The summed E-state index contributed by atoms with van der Waals surface area (Å²) in [6, 6.07) is 7.25. The van der Waals surface area contributed by atoms with Gasteiger partial charge in [-0.25, -0.2) is 8.78 Å². The second-order valence-electron chi connectivity index (χ2n) is 6.78. The molecule has 1 saturated heterocycles. The van der Waals surface area contributed by atoms with Crippen molar-refractivity contribution in [2.24, 2.45) is 0 Å². The molecule has 0 saturated carbocycles. The molecular weight excluding hydrogens is 322 g/mol. The van der Waals surface area contributed by atoms with Gasteiger partial charge < -0.3 is 4.90 Å². The van der Waals surface area contributed by atoms with Crippen LogP contribution < -0.4 is 0 Å². The molecule has 2 heterocycles. The maximum absolute atomic E-state index is 14.8. The molecule has 0 spiro atoms. The summed E-state index contributed by atoms with van der Waals surface area (Å²) >= 11 is 0. The van der Waals surface area contributed by atoms with Crippen molar-refractivity contribution in [1.29, 1.82) is 0 Å². The van der Waals surface area contributed by atoms with E-state index < -0.39 is 17.6 Å². The maximum atomic E-state index is 14.8. The van der Waals surface area contributed by atoms with Gasteiger partial charge in [0.1, 0.15) is 5.82 Å². The Balaban J connectivity index is 1.96. The van der Waals surface area contributed by atoms with E-state index >= 15 is 0 Å². The Morgan fingerprint density at radius 3 is 2.64 bits per heavy atom. The number of halogens is 2. The Morgan fingerprint density at radius 1 is 1.24 bits per heavy atom. The van der Waals surface area contributed by atoms with E-state index in [0.717, 1.165) is 0 Å². The summed E-state index contributed by atoms with van der Waals surface area (Å²) in [5, 5.41) is 0. The monoisotopic (exact) mass is 340 g/mol. The summed E-state index contributed by atoms with van der Waals surface area (Å²) < 4.78 is 28.0. The number of nitrogens with zero attached hydrogens (tertiary/aromatic N) is 2. The number of aromatic nitrogens is 1. The van der Waals surface area contributed by atoms with E-state index in [2.05, 4.69) is 16.8 Å². The predicted molar refractivity (Wildman–Crippen MR) is 90.8 cm³/mol. The molecule has 1 aliphatic heterocycles. The molecule has 1 atom stereocenters. The van der Waals surface area contributed by atoms with E-state index in [1.54, 1.807) is 24.1 Å². The number of hydrogen-bond donors (Lipinski definition) is 0. The second kappa shape index (κ2) is 6.29. The van der Waals surface area contributed by atoms with Gasteiger partial charge in [0, 0.05) is 24.3 Å². The Morgan fingerprint density at radius 2 is 2.00 bits per heavy atom. The van der Waals surface area contributed by atoms with Gasteiger partial charge in [0.25, 0.3) is 0 Å². The summed E-state index contributed by atoms with van der Waals surface area (Å²) in [7, 11) is 1.72. The minimum atomic E-state index is -0.615. The third-order valence-corrected chi connectivity index (χ3v) is 4.65. The molecule has 2 aromatic rings. The Labute approximate surface area is 145 Å². The summed E-state index contributed by atoms with van der Waals surface area (Å²) in [6.07, 6.45) is 1.94. The molecular formula is C20H18F2N2O. The number of carbonyl (C=O) groups is 1. The average molecular weight is 340 g/mol. The van der Waals surface area contributed by atoms with E-state index in [9.17, 15) is 13.6 Å². The minimum absolute atomic E-state index is 0.119. The fourth-order valence-electron chi connectivity index (χ4n) is 2.97. The largest absolute Gasteiger partial charge is 0.340 e. The van der Waals surface area contributed by atoms with Crippen LogP contribution in [0.15, 0.2) is 36.5 Å². The zero-order chi connectivity index (χ0) is 18.2. The number of hydrogen-bond acceptors (Lipinski definition) is 2. The van der Waals surface area contributed by atoms with Crippen LogP contribution in [-0.2, 0) is 4.79 Å². The van der Waals surface area contributed by atoms with Crippen molar-refractivity contribution in [2.45, 2.75) is 31.7 Å². The fraction of sp³-hybridized carbons (Fsp3) is 0.300. The van der Waals surface area contributed by atoms with E-state index in [-0.39, 0.29) is 22.7 Å². The molecule has 0 bridgehead atoms. The Kier molecular flexibility index (Phi) is 4.30. The highest BCUT2D eigenvalue weighted by Crippen LogP contribution is 2.38. The molecule has 1 unspecified atom stereocenters. The highest BCUT2D eigenvalue weighted by Gasteiger charge is 2.45. The van der Waals surface area contributed by atoms with Crippen LogP contribution in [0.5, 0.6) is 0 Å². The van der Waals surface area contributed by atoms with Gasteiger partial charge in [-0.1, -0.05) is 17.9 Å². The molecule has 1 aliphatic rings. The molecule has 3 rings (SSSR count). The molecule has 1 fully saturated rings. The SMILES string of the molecule is CN1C(=O)C(c2nccc(C#Cc3cccc(F)c3)c2F)CC1(C)C. The third-order valence-electron chi connectivity index (χ3n) is 4.65. The molecule has 128 valence electrons. The van der Waals surface area contributed by atoms with Crippen LogP contribution in [0, 0.1) is 23.5 Å². The minimum Gasteiger partial charge on any atom is -0.340 e. The number of likely N-dealkylation sites (N-methyl/N-ethyl adjacent to an activating group) is 1. The zero-order valence-electron chi connectivity index (χ0n) is 14.3. The third kappa shape index (κ3) is 3.25. The smallest absolute Gasteiger partial charge is 0.232 e. The number of likely N-dealkylation sites (tertiary alicyclic amines) is 1. The number of carbonyl (C=O) groups excluding carboxylic acids is 1. The predicted octanol–water partition coefficient (Wildman–Crippen LogP) is 3.48. The molecule has 1 amide bonds. The van der Waals surface area contributed by atoms with Crippen molar-refractivity contribution in [1.82, 2.24) is 9.88 Å². The van der Waals surface area contributed by atoms with Gasteiger partial charge >= 0.3 is 0 Å². The lowest BCUT2D eigenvalue weighted by atomic mass is 9.93. The molecule has 3 nitrogen and oxygen atoms in total. The number of benzene rings is 1. The summed E-state index contributed by atoms with van der Waals surface area (Å²) in [5.74, 6) is 3.71. The first-order chi connectivity index (χ1) is 11.8. The normalized spacial score (nSPS) is 18.8. The first-order valence-corrected chi connectivity index (χ1v) is 7.99. The van der Waals surface area contributed by atoms with Crippen LogP contribution in [0.3, 0.4) is 0 Å². The summed E-state index contributed by atoms with van der Waals surface area (Å²) in [4.78, 5) is 18.2. The summed E-state index contributed by atoms with van der Waals surface area (Å²) in [6.45, 7) is 3.88. The quantitative estimate of drug-likeness (QED) is 0.745. The van der Waals surface area contributed by atoms with Crippen LogP contribution in [0.4, 0.5) is 8.78 Å².